The minimum absolute atomic E-state index is 0.148. The molecule has 0 N–H and O–H groups in total. The van der Waals surface area contributed by atoms with Gasteiger partial charge in [-0.3, -0.25) is 0 Å². The lowest BCUT2D eigenvalue weighted by Crippen LogP contribution is -1.97. The highest BCUT2D eigenvalue weighted by atomic mass is 35.5. The van der Waals surface area contributed by atoms with Crippen LogP contribution in [0.2, 0.25) is 0 Å². The number of halogens is 1. The Morgan fingerprint density at radius 1 is 1.21 bits per heavy atom. The summed E-state index contributed by atoms with van der Waals surface area (Å²) < 4.78 is 10.5. The molecule has 0 amide bonds. The molecular weight excluding hydrogens is 260 g/mol. The summed E-state index contributed by atoms with van der Waals surface area (Å²) in [5.74, 6) is 0.962. The third-order valence-electron chi connectivity index (χ3n) is 3.24. The third-order valence-corrected chi connectivity index (χ3v) is 3.73. The van der Waals surface area contributed by atoms with Gasteiger partial charge >= 0.3 is 0 Å². The summed E-state index contributed by atoms with van der Waals surface area (Å²) in [5, 5.41) is -0.148. The first-order valence-corrected chi connectivity index (χ1v) is 6.98. The van der Waals surface area contributed by atoms with E-state index in [1.165, 1.54) is 5.56 Å². The van der Waals surface area contributed by atoms with Gasteiger partial charge in [-0.25, -0.2) is 0 Å². The van der Waals surface area contributed by atoms with Crippen molar-refractivity contribution in [2.24, 2.45) is 0 Å². The Morgan fingerprint density at radius 2 is 1.95 bits per heavy atom. The lowest BCUT2D eigenvalue weighted by molar-refractivity contribution is 0.202. The van der Waals surface area contributed by atoms with Crippen LogP contribution in [-0.2, 0) is 17.6 Å². The minimum atomic E-state index is -0.148. The van der Waals surface area contributed by atoms with Crippen molar-refractivity contribution in [1.82, 2.24) is 0 Å². The highest BCUT2D eigenvalue weighted by molar-refractivity contribution is 6.22. The smallest absolute Gasteiger partial charge is 0.108 e. The van der Waals surface area contributed by atoms with E-state index in [1.54, 1.807) is 13.4 Å². The molecule has 19 heavy (non-hydrogen) atoms. The molecule has 2 rings (SSSR count). The largest absolute Gasteiger partial charge is 0.469 e. The Morgan fingerprint density at radius 3 is 2.58 bits per heavy atom. The summed E-state index contributed by atoms with van der Waals surface area (Å²) in [4.78, 5) is 0. The van der Waals surface area contributed by atoms with E-state index in [1.807, 2.05) is 6.07 Å². The van der Waals surface area contributed by atoms with Crippen LogP contribution in [0.4, 0.5) is 0 Å². The van der Waals surface area contributed by atoms with Crippen molar-refractivity contribution in [2.45, 2.75) is 25.1 Å². The van der Waals surface area contributed by atoms with Crippen molar-refractivity contribution in [3.63, 3.8) is 0 Å². The Kier molecular flexibility index (Phi) is 5.06. The fraction of sp³-hybridized carbons (Fsp3) is 0.375. The van der Waals surface area contributed by atoms with Gasteiger partial charge in [-0.05, 0) is 23.6 Å². The maximum atomic E-state index is 6.53. The van der Waals surface area contributed by atoms with Crippen LogP contribution in [0.5, 0.6) is 0 Å². The molecule has 0 fully saturated rings. The summed E-state index contributed by atoms with van der Waals surface area (Å²) in [7, 11) is 1.72. The molecule has 0 bridgehead atoms. The fourth-order valence-corrected chi connectivity index (χ4v) is 2.46. The van der Waals surface area contributed by atoms with Gasteiger partial charge in [-0.2, -0.15) is 0 Å². The summed E-state index contributed by atoms with van der Waals surface area (Å²) >= 11 is 6.53. The quantitative estimate of drug-likeness (QED) is 0.733. The Balaban J connectivity index is 2.13. The number of furan rings is 1. The van der Waals surface area contributed by atoms with Crippen molar-refractivity contribution in [3.05, 3.63) is 59.0 Å². The van der Waals surface area contributed by atoms with Crippen LogP contribution in [0, 0.1) is 0 Å². The summed E-state index contributed by atoms with van der Waals surface area (Å²) in [6.45, 7) is 2.81. The molecule has 2 nitrogen and oxygen atoms in total. The van der Waals surface area contributed by atoms with Crippen molar-refractivity contribution >= 4 is 11.6 Å². The van der Waals surface area contributed by atoms with Crippen molar-refractivity contribution in [1.29, 1.82) is 0 Å². The summed E-state index contributed by atoms with van der Waals surface area (Å²) in [5.41, 5.74) is 3.42. The van der Waals surface area contributed by atoms with Crippen LogP contribution in [0.3, 0.4) is 0 Å². The third kappa shape index (κ3) is 3.40. The molecule has 0 radical (unpaired) electrons. The van der Waals surface area contributed by atoms with Gasteiger partial charge in [0.15, 0.2) is 0 Å². The number of benzene rings is 1. The van der Waals surface area contributed by atoms with E-state index in [4.69, 9.17) is 20.8 Å². The normalized spacial score (nSPS) is 12.6. The van der Waals surface area contributed by atoms with E-state index in [9.17, 15) is 0 Å². The SMILES string of the molecule is CCc1occc1C(Cl)c1ccc(CCOC)cc1. The number of alkyl halides is 1. The maximum Gasteiger partial charge on any atom is 0.108 e. The van der Waals surface area contributed by atoms with E-state index in [-0.39, 0.29) is 5.38 Å². The molecule has 1 heterocycles. The average molecular weight is 279 g/mol. The van der Waals surface area contributed by atoms with Crippen LogP contribution in [0.25, 0.3) is 0 Å². The molecule has 0 aliphatic rings. The first-order valence-electron chi connectivity index (χ1n) is 6.54. The van der Waals surface area contributed by atoms with E-state index >= 15 is 0 Å². The van der Waals surface area contributed by atoms with E-state index in [0.717, 1.165) is 36.3 Å². The van der Waals surface area contributed by atoms with Crippen molar-refractivity contribution in [3.8, 4) is 0 Å². The van der Waals surface area contributed by atoms with Gasteiger partial charge in [0.05, 0.1) is 18.2 Å². The number of aryl methyl sites for hydroxylation is 1. The van der Waals surface area contributed by atoms with Crippen molar-refractivity contribution in [2.75, 3.05) is 13.7 Å². The van der Waals surface area contributed by atoms with Crippen LogP contribution in [0.1, 0.15) is 34.8 Å². The van der Waals surface area contributed by atoms with Gasteiger partial charge in [0.2, 0.25) is 0 Å². The zero-order valence-electron chi connectivity index (χ0n) is 11.4. The molecule has 1 aromatic carbocycles. The molecule has 0 aliphatic carbocycles. The Bertz CT molecular complexity index is 502. The first-order chi connectivity index (χ1) is 9.26. The zero-order valence-corrected chi connectivity index (χ0v) is 12.1. The second kappa shape index (κ2) is 6.78. The molecule has 102 valence electrons. The molecule has 2 aromatic rings. The molecule has 1 atom stereocenters. The number of rotatable bonds is 6. The molecule has 0 saturated heterocycles. The second-order valence-corrected chi connectivity index (χ2v) is 4.94. The van der Waals surface area contributed by atoms with Gasteiger partial charge in [-0.1, -0.05) is 31.2 Å². The molecule has 0 aliphatic heterocycles. The topological polar surface area (TPSA) is 22.4 Å². The zero-order chi connectivity index (χ0) is 13.7. The monoisotopic (exact) mass is 278 g/mol. The predicted molar refractivity (Wildman–Crippen MR) is 77.8 cm³/mol. The van der Waals surface area contributed by atoms with Crippen LogP contribution in [-0.4, -0.2) is 13.7 Å². The van der Waals surface area contributed by atoms with Gasteiger partial charge in [0, 0.05) is 19.1 Å². The number of hydrogen-bond donors (Lipinski definition) is 0. The first kappa shape index (κ1) is 14.2. The number of ether oxygens (including phenoxy) is 1. The second-order valence-electron chi connectivity index (χ2n) is 4.50. The molecule has 1 unspecified atom stereocenters. The number of hydrogen-bond acceptors (Lipinski definition) is 2. The van der Waals surface area contributed by atoms with Crippen LogP contribution >= 0.6 is 11.6 Å². The molecule has 3 heteroatoms. The van der Waals surface area contributed by atoms with Gasteiger partial charge in [0.1, 0.15) is 5.76 Å². The van der Waals surface area contributed by atoms with E-state index in [2.05, 4.69) is 31.2 Å². The average Bonchev–Trinajstić information content (AvgIpc) is 2.93. The molecular formula is C16H19ClO2. The summed E-state index contributed by atoms with van der Waals surface area (Å²) in [6.07, 6.45) is 3.49. The van der Waals surface area contributed by atoms with E-state index < -0.39 is 0 Å². The number of methoxy groups -OCH3 is 1. The summed E-state index contributed by atoms with van der Waals surface area (Å²) in [6, 6.07) is 10.3. The van der Waals surface area contributed by atoms with Gasteiger partial charge in [0.25, 0.3) is 0 Å². The highest BCUT2D eigenvalue weighted by Crippen LogP contribution is 2.32. The lowest BCUT2D eigenvalue weighted by atomic mass is 10.0. The fourth-order valence-electron chi connectivity index (χ4n) is 2.12. The molecule has 1 aromatic heterocycles. The van der Waals surface area contributed by atoms with Crippen LogP contribution < -0.4 is 0 Å². The minimum Gasteiger partial charge on any atom is -0.469 e. The van der Waals surface area contributed by atoms with E-state index in [0.29, 0.717) is 0 Å². The highest BCUT2D eigenvalue weighted by Gasteiger charge is 2.16. The van der Waals surface area contributed by atoms with Crippen molar-refractivity contribution < 1.29 is 9.15 Å². The Hall–Kier alpha value is -1.25. The van der Waals surface area contributed by atoms with Crippen LogP contribution in [0.15, 0.2) is 41.0 Å². The molecule has 0 spiro atoms. The van der Waals surface area contributed by atoms with Gasteiger partial charge in [-0.15, -0.1) is 11.6 Å². The Labute approximate surface area is 119 Å². The maximum absolute atomic E-state index is 6.53. The predicted octanol–water partition coefficient (Wildman–Crippen LogP) is 4.36. The standard InChI is InChI=1S/C16H19ClO2/c1-3-15-14(9-11-19-15)16(17)13-6-4-12(5-7-13)8-10-18-2/h4-7,9,11,16H,3,8,10H2,1-2H3. The lowest BCUT2D eigenvalue weighted by Gasteiger charge is -2.10. The molecule has 0 saturated carbocycles. The van der Waals surface area contributed by atoms with Gasteiger partial charge < -0.3 is 9.15 Å².